The monoisotopic (exact) mass is 235 g/mol. The highest BCUT2D eigenvalue weighted by atomic mass is 32.1. The zero-order chi connectivity index (χ0) is 11.1. The molecule has 0 spiro atoms. The van der Waals surface area contributed by atoms with Gasteiger partial charge in [0.25, 0.3) is 0 Å². The highest BCUT2D eigenvalue weighted by molar-refractivity contribution is 7.10. The van der Waals surface area contributed by atoms with Crippen molar-refractivity contribution in [2.24, 2.45) is 17.8 Å². The van der Waals surface area contributed by atoms with Crippen molar-refractivity contribution < 1.29 is 4.79 Å². The third kappa shape index (κ3) is 1.88. The Hall–Kier alpha value is -0.830. The van der Waals surface area contributed by atoms with E-state index in [1.165, 1.54) is 11.3 Å². The largest absolute Gasteiger partial charge is 0.349 e. The fourth-order valence-electron chi connectivity index (χ4n) is 2.87. The van der Waals surface area contributed by atoms with E-state index in [0.29, 0.717) is 5.92 Å². The quantitative estimate of drug-likeness (QED) is 0.857. The van der Waals surface area contributed by atoms with E-state index in [9.17, 15) is 4.79 Å². The third-order valence-electron chi connectivity index (χ3n) is 3.94. The number of fused-ring (bicyclic) bond motifs is 1. The number of amides is 1. The van der Waals surface area contributed by atoms with E-state index in [4.69, 9.17) is 0 Å². The van der Waals surface area contributed by atoms with Gasteiger partial charge in [-0.1, -0.05) is 6.07 Å². The van der Waals surface area contributed by atoms with E-state index in [1.807, 2.05) is 6.07 Å². The van der Waals surface area contributed by atoms with Gasteiger partial charge < -0.3 is 5.32 Å². The normalized spacial score (nSPS) is 33.2. The molecule has 3 heteroatoms. The topological polar surface area (TPSA) is 29.1 Å². The number of thiophene rings is 1. The number of nitrogens with one attached hydrogen (secondary N) is 1. The molecule has 2 aliphatic carbocycles. The van der Waals surface area contributed by atoms with E-state index in [-0.39, 0.29) is 11.9 Å². The van der Waals surface area contributed by atoms with E-state index >= 15 is 0 Å². The molecular weight excluding hydrogens is 218 g/mol. The van der Waals surface area contributed by atoms with Crippen LogP contribution in [0.4, 0.5) is 0 Å². The molecule has 2 fully saturated rings. The molecule has 1 amide bonds. The highest BCUT2D eigenvalue weighted by Crippen LogP contribution is 2.54. The minimum atomic E-state index is 0.171. The van der Waals surface area contributed by atoms with Crippen molar-refractivity contribution in [2.45, 2.75) is 32.2 Å². The summed E-state index contributed by atoms with van der Waals surface area (Å²) in [5.74, 6) is 2.33. The summed E-state index contributed by atoms with van der Waals surface area (Å²) in [6.45, 7) is 2.07. The summed E-state index contributed by atoms with van der Waals surface area (Å²) in [7, 11) is 0. The Labute approximate surface area is 100 Å². The van der Waals surface area contributed by atoms with Crippen LogP contribution in [0, 0.1) is 17.8 Å². The van der Waals surface area contributed by atoms with Gasteiger partial charge in [0.1, 0.15) is 0 Å². The molecular formula is C13H17NOS. The van der Waals surface area contributed by atoms with Crippen molar-refractivity contribution in [1.82, 2.24) is 5.32 Å². The maximum atomic E-state index is 12.0. The molecule has 0 radical (unpaired) electrons. The highest BCUT2D eigenvalue weighted by Gasteiger charge is 2.48. The average molecular weight is 235 g/mol. The molecule has 0 bridgehead atoms. The van der Waals surface area contributed by atoms with Gasteiger partial charge in [-0.3, -0.25) is 4.79 Å². The molecule has 2 nitrogen and oxygen atoms in total. The van der Waals surface area contributed by atoms with Crippen LogP contribution < -0.4 is 5.32 Å². The van der Waals surface area contributed by atoms with Crippen LogP contribution in [0.3, 0.4) is 0 Å². The van der Waals surface area contributed by atoms with E-state index in [2.05, 4.69) is 23.7 Å². The molecule has 1 N–H and O–H groups in total. The van der Waals surface area contributed by atoms with Gasteiger partial charge in [0.2, 0.25) is 5.91 Å². The van der Waals surface area contributed by atoms with Gasteiger partial charge >= 0.3 is 0 Å². The molecule has 1 aromatic rings. The van der Waals surface area contributed by atoms with Gasteiger partial charge in [-0.2, -0.15) is 0 Å². The lowest BCUT2D eigenvalue weighted by atomic mass is 10.0. The van der Waals surface area contributed by atoms with Gasteiger partial charge in [-0.25, -0.2) is 0 Å². The number of hydrogen-bond donors (Lipinski definition) is 1. The Morgan fingerprint density at radius 1 is 1.44 bits per heavy atom. The molecule has 2 saturated carbocycles. The minimum absolute atomic E-state index is 0.171. The Bertz CT molecular complexity index is 377. The van der Waals surface area contributed by atoms with Crippen LogP contribution in [0.1, 0.15) is 37.1 Å². The lowest BCUT2D eigenvalue weighted by Crippen LogP contribution is -2.31. The summed E-state index contributed by atoms with van der Waals surface area (Å²) >= 11 is 1.71. The molecule has 16 heavy (non-hydrogen) atoms. The van der Waals surface area contributed by atoms with Gasteiger partial charge in [-0.05, 0) is 49.5 Å². The number of rotatable bonds is 3. The van der Waals surface area contributed by atoms with E-state index in [0.717, 1.165) is 24.7 Å². The first-order chi connectivity index (χ1) is 7.74. The van der Waals surface area contributed by atoms with Gasteiger partial charge in [0.05, 0.1) is 6.04 Å². The fourth-order valence-corrected chi connectivity index (χ4v) is 3.60. The van der Waals surface area contributed by atoms with Crippen molar-refractivity contribution in [2.75, 3.05) is 0 Å². The second-order valence-electron chi connectivity index (χ2n) is 5.17. The first kappa shape index (κ1) is 10.3. The van der Waals surface area contributed by atoms with Gasteiger partial charge in [-0.15, -0.1) is 11.3 Å². The number of carbonyl (C=O) groups excluding carboxylic acids is 1. The third-order valence-corrected chi connectivity index (χ3v) is 5.00. The van der Waals surface area contributed by atoms with Crippen LogP contribution in [0.25, 0.3) is 0 Å². The molecule has 3 atom stereocenters. The zero-order valence-corrected chi connectivity index (χ0v) is 10.3. The van der Waals surface area contributed by atoms with Crippen molar-refractivity contribution in [3.63, 3.8) is 0 Å². The van der Waals surface area contributed by atoms with E-state index < -0.39 is 0 Å². The van der Waals surface area contributed by atoms with Crippen LogP contribution in [0.5, 0.6) is 0 Å². The van der Waals surface area contributed by atoms with Crippen molar-refractivity contribution >= 4 is 17.2 Å². The molecule has 3 unspecified atom stereocenters. The minimum Gasteiger partial charge on any atom is -0.349 e. The molecule has 0 aromatic carbocycles. The van der Waals surface area contributed by atoms with Crippen LogP contribution in [-0.4, -0.2) is 5.91 Å². The van der Waals surface area contributed by atoms with Crippen LogP contribution >= 0.6 is 11.3 Å². The zero-order valence-electron chi connectivity index (χ0n) is 9.48. The van der Waals surface area contributed by atoms with Gasteiger partial charge in [0, 0.05) is 10.8 Å². The molecule has 3 rings (SSSR count). The molecule has 1 aromatic heterocycles. The van der Waals surface area contributed by atoms with Crippen LogP contribution in [0.15, 0.2) is 17.5 Å². The molecule has 0 aliphatic heterocycles. The summed E-state index contributed by atoms with van der Waals surface area (Å²) in [5.41, 5.74) is 0. The number of hydrogen-bond acceptors (Lipinski definition) is 2. The standard InChI is InChI=1S/C13H17NOS/c1-8(12-3-2-4-16-12)14-13(15)11-6-9-5-10(9)7-11/h2-4,8-11H,5-7H2,1H3,(H,14,15). The predicted molar refractivity (Wildman–Crippen MR) is 65.2 cm³/mol. The van der Waals surface area contributed by atoms with Crippen molar-refractivity contribution in [3.05, 3.63) is 22.4 Å². The van der Waals surface area contributed by atoms with Crippen molar-refractivity contribution in [3.8, 4) is 0 Å². The predicted octanol–water partition coefficient (Wildman–Crippen LogP) is 2.97. The fraction of sp³-hybridized carbons (Fsp3) is 0.615. The molecule has 86 valence electrons. The smallest absolute Gasteiger partial charge is 0.223 e. The second-order valence-corrected chi connectivity index (χ2v) is 6.15. The summed E-state index contributed by atoms with van der Waals surface area (Å²) in [5, 5.41) is 5.20. The summed E-state index contributed by atoms with van der Waals surface area (Å²) in [4.78, 5) is 13.3. The summed E-state index contributed by atoms with van der Waals surface area (Å²) < 4.78 is 0. The maximum Gasteiger partial charge on any atom is 0.223 e. The van der Waals surface area contributed by atoms with Crippen LogP contribution in [-0.2, 0) is 4.79 Å². The summed E-state index contributed by atoms with van der Waals surface area (Å²) in [6.07, 6.45) is 3.64. The second kappa shape index (κ2) is 3.88. The SMILES string of the molecule is CC(NC(=O)C1CC2CC2C1)c1cccs1. The Balaban J connectivity index is 1.56. The Morgan fingerprint density at radius 3 is 2.81 bits per heavy atom. The Kier molecular flexibility index (Phi) is 2.51. The molecule has 0 saturated heterocycles. The Morgan fingerprint density at radius 2 is 2.19 bits per heavy atom. The lowest BCUT2D eigenvalue weighted by molar-refractivity contribution is -0.125. The average Bonchev–Trinajstić information content (AvgIpc) is 2.77. The lowest BCUT2D eigenvalue weighted by Gasteiger charge is -2.16. The maximum absolute atomic E-state index is 12.0. The van der Waals surface area contributed by atoms with Crippen LogP contribution in [0.2, 0.25) is 0 Å². The van der Waals surface area contributed by atoms with Gasteiger partial charge in [0.15, 0.2) is 0 Å². The number of carbonyl (C=O) groups is 1. The summed E-state index contributed by atoms with van der Waals surface area (Å²) in [6, 6.07) is 4.29. The molecule has 2 aliphatic rings. The first-order valence-corrected chi connectivity index (χ1v) is 6.96. The van der Waals surface area contributed by atoms with Crippen molar-refractivity contribution in [1.29, 1.82) is 0 Å². The first-order valence-electron chi connectivity index (χ1n) is 6.08. The van der Waals surface area contributed by atoms with E-state index in [1.54, 1.807) is 11.3 Å². The molecule has 1 heterocycles.